The van der Waals surface area contributed by atoms with Crippen molar-refractivity contribution in [3.8, 4) is 0 Å². The Hall–Kier alpha value is -0.310. The highest BCUT2D eigenvalue weighted by Gasteiger charge is 2.52. The summed E-state index contributed by atoms with van der Waals surface area (Å²) in [6.07, 6.45) is -14.4. The molecule has 0 aromatic heterocycles. The van der Waals surface area contributed by atoms with Gasteiger partial charge < -0.3 is 65.2 Å². The first-order valence-electron chi connectivity index (χ1n) is 11.4. The summed E-state index contributed by atoms with van der Waals surface area (Å²) in [5, 5.41) is 70.1. The highest BCUT2D eigenvalue weighted by Crippen LogP contribution is 2.31. The molecule has 12 atom stereocenters. The molecule has 2 heterocycles. The number of thiol groups is 1. The second-order valence-corrected chi connectivity index (χ2v) is 9.78. The Kier molecular flexibility index (Phi) is 13.6. The topological polar surface area (TPSA) is 231 Å². The number of aliphatic hydroxyl groups is 7. The summed E-state index contributed by atoms with van der Waals surface area (Å²) in [4.78, 5) is 12.6. The highest BCUT2D eigenvalue weighted by atomic mass is 32.2. The van der Waals surface area contributed by atoms with Gasteiger partial charge in [0, 0.05) is 5.75 Å². The predicted octanol–water partition coefficient (Wildman–Crippen LogP) is -4.45. The average Bonchev–Trinajstić information content (AvgIpc) is 2.88. The van der Waals surface area contributed by atoms with Crippen molar-refractivity contribution < 1.29 is 64.2 Å². The number of hydrogen-bond acceptors (Lipinski definition) is 16. The lowest BCUT2D eigenvalue weighted by atomic mass is 9.97. The van der Waals surface area contributed by atoms with Gasteiger partial charge in [-0.3, -0.25) is 4.79 Å². The van der Waals surface area contributed by atoms with Crippen molar-refractivity contribution in [1.29, 1.82) is 0 Å². The molecule has 212 valence electrons. The summed E-state index contributed by atoms with van der Waals surface area (Å²) in [5.74, 6) is -0.210. The molecule has 0 aromatic rings. The van der Waals surface area contributed by atoms with E-state index in [1.807, 2.05) is 6.26 Å². The van der Waals surface area contributed by atoms with Gasteiger partial charge in [-0.25, -0.2) is 0 Å². The Morgan fingerprint density at radius 2 is 1.58 bits per heavy atom. The van der Waals surface area contributed by atoms with Gasteiger partial charge in [-0.2, -0.15) is 24.4 Å². The molecular formula is C20H37NO13S2. The van der Waals surface area contributed by atoms with E-state index in [-0.39, 0.29) is 5.75 Å². The first-order chi connectivity index (χ1) is 17.1. The van der Waals surface area contributed by atoms with E-state index in [0.717, 1.165) is 0 Å². The summed E-state index contributed by atoms with van der Waals surface area (Å²) in [6, 6.07) is -0.990. The maximum absolute atomic E-state index is 12.6. The number of esters is 1. The van der Waals surface area contributed by atoms with Crippen molar-refractivity contribution in [2.24, 2.45) is 5.73 Å². The summed E-state index contributed by atoms with van der Waals surface area (Å²) in [7, 11) is 0. The molecule has 16 heteroatoms. The minimum Gasteiger partial charge on any atom is -0.455 e. The van der Waals surface area contributed by atoms with Gasteiger partial charge >= 0.3 is 5.97 Å². The van der Waals surface area contributed by atoms with Gasteiger partial charge in [0.05, 0.1) is 25.9 Å². The van der Waals surface area contributed by atoms with E-state index in [1.54, 1.807) is 0 Å². The predicted molar refractivity (Wildman–Crippen MR) is 127 cm³/mol. The zero-order valence-electron chi connectivity index (χ0n) is 19.7. The van der Waals surface area contributed by atoms with Crippen molar-refractivity contribution in [2.75, 3.05) is 37.6 Å². The number of thioether (sulfide) groups is 1. The van der Waals surface area contributed by atoms with Crippen LogP contribution in [-0.2, 0) is 28.5 Å². The lowest BCUT2D eigenvalue weighted by Gasteiger charge is -2.46. The summed E-state index contributed by atoms with van der Waals surface area (Å²) in [5.41, 5.74) is 5.88. The van der Waals surface area contributed by atoms with Crippen LogP contribution in [0.1, 0.15) is 6.42 Å². The normalized spacial score (nSPS) is 38.9. The summed E-state index contributed by atoms with van der Waals surface area (Å²) < 4.78 is 27.6. The van der Waals surface area contributed by atoms with Crippen LogP contribution in [-0.4, -0.2) is 153 Å². The molecule has 36 heavy (non-hydrogen) atoms. The van der Waals surface area contributed by atoms with Crippen LogP contribution >= 0.6 is 24.4 Å². The molecule has 14 nitrogen and oxygen atoms in total. The number of ether oxygens (including phenoxy) is 5. The molecule has 0 aliphatic carbocycles. The third-order valence-electron chi connectivity index (χ3n) is 5.86. The molecule has 0 radical (unpaired) electrons. The highest BCUT2D eigenvalue weighted by molar-refractivity contribution is 7.98. The fraction of sp³-hybridized carbons (Fsp3) is 0.950. The standard InChI is InChI=1S/C20H37NO13S2/c1-36-3-2-9(21)18(29)33-16-11(6-24)32-20(15(28)17(16)30-8(4-22)7-35)34-19-14(27)13(26)12(25)10(5-23)31-19/h8-17,19-20,22-28,35H,2-7,21H2,1H3/t8?,9-,10+,11+,12+,13-,14+,15+,16+,17+,19+,20+/m0/s1. The minimum absolute atomic E-state index is 0.0243. The van der Waals surface area contributed by atoms with E-state index in [9.17, 15) is 40.5 Å². The van der Waals surface area contributed by atoms with Crippen LogP contribution in [0.5, 0.6) is 0 Å². The van der Waals surface area contributed by atoms with Crippen LogP contribution in [0.3, 0.4) is 0 Å². The van der Waals surface area contributed by atoms with E-state index in [2.05, 4.69) is 12.6 Å². The van der Waals surface area contributed by atoms with Crippen molar-refractivity contribution in [3.63, 3.8) is 0 Å². The van der Waals surface area contributed by atoms with Crippen LogP contribution in [0, 0.1) is 0 Å². The van der Waals surface area contributed by atoms with Gasteiger partial charge in [0.15, 0.2) is 18.7 Å². The maximum Gasteiger partial charge on any atom is 0.323 e. The molecule has 0 bridgehead atoms. The molecule has 0 spiro atoms. The SMILES string of the molecule is CSCC[C@H](N)C(=O)O[C@H]1[C@H](OC(CO)CS)[C@@H](O)[C@@H](O[C@H]2O[C@H](CO)[C@@H](O)[C@H](O)[C@H]2O)O[C@@H]1CO. The molecule has 2 fully saturated rings. The van der Waals surface area contributed by atoms with Gasteiger partial charge in [0.1, 0.15) is 48.8 Å². The molecule has 2 rings (SSSR count). The Morgan fingerprint density at radius 1 is 0.972 bits per heavy atom. The molecule has 2 aliphatic rings. The van der Waals surface area contributed by atoms with E-state index in [1.165, 1.54) is 11.8 Å². The molecule has 2 aliphatic heterocycles. The smallest absolute Gasteiger partial charge is 0.323 e. The molecule has 2 saturated heterocycles. The molecular weight excluding hydrogens is 526 g/mol. The van der Waals surface area contributed by atoms with Gasteiger partial charge in [-0.05, 0) is 18.4 Å². The quantitative estimate of drug-likeness (QED) is 0.0760. The van der Waals surface area contributed by atoms with Crippen LogP contribution in [0.4, 0.5) is 0 Å². The lowest BCUT2D eigenvalue weighted by Crippen LogP contribution is -2.65. The summed E-state index contributed by atoms with van der Waals surface area (Å²) >= 11 is 5.56. The van der Waals surface area contributed by atoms with E-state index < -0.39 is 99.3 Å². The van der Waals surface area contributed by atoms with Gasteiger partial charge in [0.2, 0.25) is 0 Å². The van der Waals surface area contributed by atoms with Gasteiger partial charge in [-0.15, -0.1) is 0 Å². The minimum atomic E-state index is -1.79. The summed E-state index contributed by atoms with van der Waals surface area (Å²) in [6.45, 7) is -1.92. The number of aliphatic hydroxyl groups excluding tert-OH is 7. The van der Waals surface area contributed by atoms with Crippen LogP contribution < -0.4 is 5.73 Å². The van der Waals surface area contributed by atoms with Crippen LogP contribution in [0.25, 0.3) is 0 Å². The Bertz CT molecular complexity index is 661. The number of carbonyl (C=O) groups is 1. The third-order valence-corrected chi connectivity index (χ3v) is 6.91. The zero-order chi connectivity index (χ0) is 27.0. The second-order valence-electron chi connectivity index (χ2n) is 8.43. The number of nitrogens with two attached hydrogens (primary N) is 1. The van der Waals surface area contributed by atoms with E-state index >= 15 is 0 Å². The maximum atomic E-state index is 12.6. The molecule has 0 aromatic carbocycles. The second kappa shape index (κ2) is 15.3. The van der Waals surface area contributed by atoms with Crippen molar-refractivity contribution in [3.05, 3.63) is 0 Å². The molecule has 0 amide bonds. The lowest BCUT2D eigenvalue weighted by molar-refractivity contribution is -0.380. The molecule has 0 saturated carbocycles. The monoisotopic (exact) mass is 563 g/mol. The van der Waals surface area contributed by atoms with Crippen LogP contribution in [0.2, 0.25) is 0 Å². The number of carbonyl (C=O) groups excluding carboxylic acids is 1. The van der Waals surface area contributed by atoms with Crippen LogP contribution in [0.15, 0.2) is 0 Å². The van der Waals surface area contributed by atoms with Gasteiger partial charge in [-0.1, -0.05) is 0 Å². The first-order valence-corrected chi connectivity index (χ1v) is 13.4. The van der Waals surface area contributed by atoms with E-state index in [4.69, 9.17) is 29.4 Å². The number of hydrogen-bond donors (Lipinski definition) is 9. The first kappa shape index (κ1) is 31.9. The zero-order valence-corrected chi connectivity index (χ0v) is 21.4. The largest absolute Gasteiger partial charge is 0.455 e. The Labute approximate surface area is 218 Å². The van der Waals surface area contributed by atoms with Gasteiger partial charge in [0.25, 0.3) is 0 Å². The van der Waals surface area contributed by atoms with Crippen molar-refractivity contribution >= 4 is 30.4 Å². The molecule has 9 N–H and O–H groups in total. The Morgan fingerprint density at radius 3 is 2.14 bits per heavy atom. The van der Waals surface area contributed by atoms with Crippen molar-refractivity contribution in [1.82, 2.24) is 0 Å². The fourth-order valence-corrected chi connectivity index (χ4v) is 4.40. The molecule has 1 unspecified atom stereocenters. The fourth-order valence-electron chi connectivity index (χ4n) is 3.71. The van der Waals surface area contributed by atoms with E-state index in [0.29, 0.717) is 12.2 Å². The number of rotatable bonds is 13. The van der Waals surface area contributed by atoms with Crippen molar-refractivity contribution in [2.45, 2.75) is 80.0 Å². The average molecular weight is 564 g/mol. The third kappa shape index (κ3) is 7.86. The Balaban J connectivity index is 2.25.